The molecular weight excluding hydrogens is 356 g/mol. The molecule has 1 fully saturated rings. The molecule has 4 rings (SSSR count). The molecule has 27 heavy (non-hydrogen) atoms. The number of hydrogen-bond acceptors (Lipinski definition) is 4. The van der Waals surface area contributed by atoms with E-state index in [4.69, 9.17) is 0 Å². The smallest absolute Gasteiger partial charge is 0.265 e. The summed E-state index contributed by atoms with van der Waals surface area (Å²) in [5.74, 6) is 0.405. The first-order valence-corrected chi connectivity index (χ1v) is 10.3. The Morgan fingerprint density at radius 1 is 1.33 bits per heavy atom. The van der Waals surface area contributed by atoms with E-state index in [0.29, 0.717) is 0 Å². The minimum absolute atomic E-state index is 0.128. The maximum absolute atomic E-state index is 13.1. The van der Waals surface area contributed by atoms with Gasteiger partial charge in [-0.3, -0.25) is 9.89 Å². The maximum Gasteiger partial charge on any atom is 0.265 e. The Hall–Kier alpha value is -2.47. The van der Waals surface area contributed by atoms with Crippen LogP contribution in [0, 0.1) is 6.92 Å². The summed E-state index contributed by atoms with van der Waals surface area (Å²) in [5.41, 5.74) is 4.36. The van der Waals surface area contributed by atoms with Crippen molar-refractivity contribution in [3.63, 3.8) is 0 Å². The van der Waals surface area contributed by atoms with Crippen LogP contribution in [0.15, 0.2) is 36.5 Å². The molecule has 1 amide bonds. The Kier molecular flexibility index (Phi) is 5.07. The van der Waals surface area contributed by atoms with Crippen molar-refractivity contribution in [1.29, 1.82) is 0 Å². The minimum atomic E-state index is 0.128. The lowest BCUT2D eigenvalue weighted by atomic mass is 9.90. The van der Waals surface area contributed by atoms with Gasteiger partial charge in [-0.05, 0) is 31.7 Å². The second-order valence-corrected chi connectivity index (χ2v) is 8.22. The van der Waals surface area contributed by atoms with E-state index < -0.39 is 0 Å². The Morgan fingerprint density at radius 3 is 2.93 bits per heavy atom. The molecule has 5 nitrogen and oxygen atoms in total. The van der Waals surface area contributed by atoms with E-state index in [-0.39, 0.29) is 11.8 Å². The third-order valence-electron chi connectivity index (χ3n) is 5.20. The van der Waals surface area contributed by atoms with Gasteiger partial charge in [0.05, 0.1) is 16.9 Å². The fourth-order valence-corrected chi connectivity index (χ4v) is 4.85. The van der Waals surface area contributed by atoms with E-state index >= 15 is 0 Å². The normalized spacial score (nSPS) is 17.3. The van der Waals surface area contributed by atoms with Crippen molar-refractivity contribution >= 4 is 17.2 Å². The van der Waals surface area contributed by atoms with E-state index in [1.165, 1.54) is 11.3 Å². The van der Waals surface area contributed by atoms with Crippen LogP contribution in [0.5, 0.6) is 0 Å². The van der Waals surface area contributed by atoms with Crippen LogP contribution in [-0.4, -0.2) is 39.1 Å². The highest BCUT2D eigenvalue weighted by atomic mass is 32.1. The quantitative estimate of drug-likeness (QED) is 0.729. The fourth-order valence-electron chi connectivity index (χ4n) is 3.87. The highest BCUT2D eigenvalue weighted by molar-refractivity contribution is 7.13. The molecule has 3 aromatic rings. The number of amides is 1. The number of benzene rings is 1. The molecule has 1 aliphatic heterocycles. The molecule has 1 saturated heterocycles. The molecule has 0 aliphatic carbocycles. The molecule has 0 radical (unpaired) electrons. The molecule has 0 saturated carbocycles. The van der Waals surface area contributed by atoms with Crippen molar-refractivity contribution in [1.82, 2.24) is 20.1 Å². The number of nitrogens with one attached hydrogen (secondary N) is 1. The lowest BCUT2D eigenvalue weighted by Crippen LogP contribution is -2.39. The van der Waals surface area contributed by atoms with Crippen molar-refractivity contribution in [2.75, 3.05) is 13.1 Å². The molecule has 3 heterocycles. The summed E-state index contributed by atoms with van der Waals surface area (Å²) >= 11 is 1.52. The average Bonchev–Trinajstić information content (AvgIpc) is 3.34. The Balaban J connectivity index is 1.57. The first kappa shape index (κ1) is 17.9. The summed E-state index contributed by atoms with van der Waals surface area (Å²) < 4.78 is 0. The molecule has 1 N–H and O–H groups in total. The predicted octanol–water partition coefficient (Wildman–Crippen LogP) is 4.42. The average molecular weight is 381 g/mol. The highest BCUT2D eigenvalue weighted by Gasteiger charge is 2.30. The molecule has 6 heteroatoms. The molecule has 1 aromatic carbocycles. The molecule has 0 spiro atoms. The monoisotopic (exact) mass is 380 g/mol. The topological polar surface area (TPSA) is 61.9 Å². The third kappa shape index (κ3) is 3.54. The summed E-state index contributed by atoms with van der Waals surface area (Å²) in [7, 11) is 0. The van der Waals surface area contributed by atoms with Gasteiger partial charge in [0.15, 0.2) is 0 Å². The van der Waals surface area contributed by atoms with Crippen molar-refractivity contribution in [3.05, 3.63) is 57.8 Å². The first-order chi connectivity index (χ1) is 13.2. The molecule has 140 valence electrons. The zero-order valence-electron chi connectivity index (χ0n) is 15.7. The van der Waals surface area contributed by atoms with Gasteiger partial charge in [0.1, 0.15) is 4.88 Å². The van der Waals surface area contributed by atoms with E-state index in [0.717, 1.165) is 64.8 Å². The van der Waals surface area contributed by atoms with Crippen LogP contribution in [-0.2, 0) is 6.42 Å². The number of aromatic nitrogens is 3. The lowest BCUT2D eigenvalue weighted by molar-refractivity contribution is 0.0709. The molecule has 1 aliphatic rings. The summed E-state index contributed by atoms with van der Waals surface area (Å²) in [6.07, 6.45) is 4.76. The minimum Gasteiger partial charge on any atom is -0.337 e. The fraction of sp³-hybridized carbons (Fsp3) is 0.381. The van der Waals surface area contributed by atoms with Gasteiger partial charge >= 0.3 is 0 Å². The number of carbonyl (C=O) groups is 1. The van der Waals surface area contributed by atoms with Gasteiger partial charge in [0, 0.05) is 30.3 Å². The van der Waals surface area contributed by atoms with Crippen LogP contribution in [0.2, 0.25) is 0 Å². The number of likely N-dealkylation sites (tertiary alicyclic amines) is 1. The second kappa shape index (κ2) is 7.64. The number of aromatic amines is 1. The van der Waals surface area contributed by atoms with Gasteiger partial charge in [-0.1, -0.05) is 37.3 Å². The Morgan fingerprint density at radius 2 is 2.15 bits per heavy atom. The maximum atomic E-state index is 13.1. The number of aryl methyl sites for hydroxylation is 2. The van der Waals surface area contributed by atoms with Crippen LogP contribution in [0.4, 0.5) is 0 Å². The zero-order chi connectivity index (χ0) is 18.8. The van der Waals surface area contributed by atoms with Gasteiger partial charge < -0.3 is 4.90 Å². The van der Waals surface area contributed by atoms with Gasteiger partial charge in [-0.2, -0.15) is 5.10 Å². The molecular formula is C21H24N4OS. The number of piperidine rings is 1. The van der Waals surface area contributed by atoms with Gasteiger partial charge in [0.25, 0.3) is 5.91 Å². The van der Waals surface area contributed by atoms with Crippen molar-refractivity contribution in [2.24, 2.45) is 0 Å². The van der Waals surface area contributed by atoms with Gasteiger partial charge in [-0.15, -0.1) is 11.3 Å². The molecule has 1 unspecified atom stereocenters. The molecule has 1 atom stereocenters. The van der Waals surface area contributed by atoms with Gasteiger partial charge in [-0.25, -0.2) is 4.98 Å². The SMILES string of the molecule is CCc1nc(C)sc1C(=O)N1CCCC(c2[nH]ncc2-c2ccccc2)C1. The van der Waals surface area contributed by atoms with Crippen molar-refractivity contribution < 1.29 is 4.79 Å². The number of H-pyrrole nitrogens is 1. The van der Waals surface area contributed by atoms with Crippen LogP contribution in [0.3, 0.4) is 0 Å². The number of nitrogens with zero attached hydrogens (tertiary/aromatic N) is 3. The number of rotatable bonds is 4. The molecule has 0 bridgehead atoms. The van der Waals surface area contributed by atoms with E-state index in [2.05, 4.69) is 34.2 Å². The zero-order valence-corrected chi connectivity index (χ0v) is 16.6. The number of thiazole rings is 1. The lowest BCUT2D eigenvalue weighted by Gasteiger charge is -2.32. The number of carbonyl (C=O) groups excluding carboxylic acids is 1. The van der Waals surface area contributed by atoms with E-state index in [1.807, 2.05) is 36.2 Å². The molecule has 2 aromatic heterocycles. The van der Waals surface area contributed by atoms with Gasteiger partial charge in [0.2, 0.25) is 0 Å². The first-order valence-electron chi connectivity index (χ1n) is 9.51. The summed E-state index contributed by atoms with van der Waals surface area (Å²) in [6.45, 7) is 5.56. The number of hydrogen-bond donors (Lipinski definition) is 1. The van der Waals surface area contributed by atoms with Crippen LogP contribution >= 0.6 is 11.3 Å². The van der Waals surface area contributed by atoms with Crippen LogP contribution in [0.25, 0.3) is 11.1 Å². The Labute approximate surface area is 163 Å². The predicted molar refractivity (Wildman–Crippen MR) is 108 cm³/mol. The van der Waals surface area contributed by atoms with E-state index in [1.54, 1.807) is 0 Å². The highest BCUT2D eigenvalue weighted by Crippen LogP contribution is 2.34. The summed E-state index contributed by atoms with van der Waals surface area (Å²) in [4.78, 5) is 20.5. The summed E-state index contributed by atoms with van der Waals surface area (Å²) in [5, 5.41) is 8.46. The standard InChI is InChI=1S/C21H24N4OS/c1-3-18-20(27-14(2)23-18)21(26)25-11-7-10-16(13-25)19-17(12-22-24-19)15-8-5-4-6-9-15/h4-6,8-9,12,16H,3,7,10-11,13H2,1-2H3,(H,22,24). The van der Waals surface area contributed by atoms with Crippen LogP contribution in [0.1, 0.15) is 51.8 Å². The van der Waals surface area contributed by atoms with Crippen LogP contribution < -0.4 is 0 Å². The van der Waals surface area contributed by atoms with Crippen molar-refractivity contribution in [3.8, 4) is 11.1 Å². The largest absolute Gasteiger partial charge is 0.337 e. The second-order valence-electron chi connectivity index (χ2n) is 7.02. The van der Waals surface area contributed by atoms with E-state index in [9.17, 15) is 4.79 Å². The van der Waals surface area contributed by atoms with Crippen molar-refractivity contribution in [2.45, 2.75) is 39.0 Å². The summed E-state index contributed by atoms with van der Waals surface area (Å²) in [6, 6.07) is 10.3. The third-order valence-corrected chi connectivity index (χ3v) is 6.20. The Bertz CT molecular complexity index is 931.